The summed E-state index contributed by atoms with van der Waals surface area (Å²) in [6, 6.07) is 3.40. The number of amides is 1. The Kier molecular flexibility index (Phi) is 2.17. The quantitative estimate of drug-likeness (QED) is 0.706. The monoisotopic (exact) mass is 192 g/mol. The van der Waals surface area contributed by atoms with Crippen LogP contribution in [0.1, 0.15) is 19.3 Å². The van der Waals surface area contributed by atoms with E-state index in [2.05, 4.69) is 15.5 Å². The van der Waals surface area contributed by atoms with Crippen LogP contribution in [0, 0.1) is 0 Å². The van der Waals surface area contributed by atoms with Gasteiger partial charge in [0.2, 0.25) is 5.91 Å². The average molecular weight is 192 g/mol. The Hall–Kier alpha value is -1.49. The maximum atomic E-state index is 11.6. The molecule has 1 saturated carbocycles. The van der Waals surface area contributed by atoms with E-state index in [0.717, 1.165) is 19.3 Å². The largest absolute Gasteiger partial charge is 0.317 e. The van der Waals surface area contributed by atoms with Gasteiger partial charge in [0.05, 0.1) is 5.54 Å². The van der Waals surface area contributed by atoms with E-state index in [-0.39, 0.29) is 5.91 Å². The highest BCUT2D eigenvalue weighted by atomic mass is 16.2. The molecule has 0 aromatic carbocycles. The number of aromatic nitrogens is 2. The number of carbonyl (C=O) groups excluding carboxylic acids is 1. The summed E-state index contributed by atoms with van der Waals surface area (Å²) < 4.78 is 0. The molecule has 0 spiro atoms. The smallest absolute Gasteiger partial charge is 0.245 e. The highest BCUT2D eigenvalue weighted by molar-refractivity contribution is 5.97. The van der Waals surface area contributed by atoms with Gasteiger partial charge in [-0.1, -0.05) is 0 Å². The van der Waals surface area contributed by atoms with Gasteiger partial charge in [0.25, 0.3) is 0 Å². The van der Waals surface area contributed by atoms with E-state index in [4.69, 9.17) is 5.73 Å². The Morgan fingerprint density at radius 3 is 2.86 bits per heavy atom. The Labute approximate surface area is 81.7 Å². The lowest BCUT2D eigenvalue weighted by Crippen LogP contribution is -2.56. The molecule has 1 aromatic heterocycles. The van der Waals surface area contributed by atoms with Gasteiger partial charge in [-0.2, -0.15) is 5.10 Å². The van der Waals surface area contributed by atoms with E-state index in [1.807, 2.05) is 0 Å². The first-order valence-corrected chi connectivity index (χ1v) is 4.59. The first kappa shape index (κ1) is 9.08. The summed E-state index contributed by atoms with van der Waals surface area (Å²) in [5, 5.41) is 10.1. The number of rotatable bonds is 2. The molecule has 0 radical (unpaired) electrons. The zero-order chi connectivity index (χ0) is 10.0. The average Bonchev–Trinajstić information content (AvgIpc) is 2.15. The zero-order valence-electron chi connectivity index (χ0n) is 7.73. The molecule has 1 aromatic rings. The van der Waals surface area contributed by atoms with Crippen LogP contribution in [0.3, 0.4) is 0 Å². The van der Waals surface area contributed by atoms with Crippen LogP contribution in [0.25, 0.3) is 0 Å². The van der Waals surface area contributed by atoms with Gasteiger partial charge in [-0.15, -0.1) is 5.10 Å². The van der Waals surface area contributed by atoms with Crippen LogP contribution < -0.4 is 11.1 Å². The van der Waals surface area contributed by atoms with E-state index in [9.17, 15) is 4.79 Å². The number of carbonyl (C=O) groups is 1. The van der Waals surface area contributed by atoms with Gasteiger partial charge in [-0.05, 0) is 31.4 Å². The topological polar surface area (TPSA) is 80.9 Å². The lowest BCUT2D eigenvalue weighted by Gasteiger charge is -2.35. The highest BCUT2D eigenvalue weighted by Gasteiger charge is 2.40. The molecular formula is C9H12N4O. The van der Waals surface area contributed by atoms with Crippen LogP contribution in [0.4, 0.5) is 5.82 Å². The fourth-order valence-corrected chi connectivity index (χ4v) is 1.39. The molecule has 5 heteroatoms. The van der Waals surface area contributed by atoms with Crippen molar-refractivity contribution in [3.05, 3.63) is 18.3 Å². The third-order valence-electron chi connectivity index (χ3n) is 2.51. The van der Waals surface area contributed by atoms with Gasteiger partial charge in [0.15, 0.2) is 5.82 Å². The number of nitrogens with zero attached hydrogens (tertiary/aromatic N) is 2. The molecule has 1 aliphatic carbocycles. The standard InChI is InChI=1S/C9H12N4O/c10-9(4-2-5-9)8(14)12-7-3-1-6-11-13-7/h1,3,6H,2,4-5,10H2,(H,12,13,14). The third-order valence-corrected chi connectivity index (χ3v) is 2.51. The molecule has 1 fully saturated rings. The van der Waals surface area contributed by atoms with Crippen LogP contribution >= 0.6 is 0 Å². The Morgan fingerprint density at radius 1 is 1.57 bits per heavy atom. The van der Waals surface area contributed by atoms with E-state index in [1.165, 1.54) is 0 Å². The van der Waals surface area contributed by atoms with Crippen LogP contribution in [-0.2, 0) is 4.79 Å². The summed E-state index contributed by atoms with van der Waals surface area (Å²) in [5.74, 6) is 0.290. The van der Waals surface area contributed by atoms with E-state index >= 15 is 0 Å². The van der Waals surface area contributed by atoms with E-state index in [0.29, 0.717) is 5.82 Å². The molecule has 3 N–H and O–H groups in total. The van der Waals surface area contributed by atoms with E-state index < -0.39 is 5.54 Å². The van der Waals surface area contributed by atoms with Gasteiger partial charge in [-0.3, -0.25) is 4.79 Å². The molecule has 0 unspecified atom stereocenters. The number of hydrogen-bond donors (Lipinski definition) is 2. The molecule has 14 heavy (non-hydrogen) atoms. The molecule has 1 aliphatic rings. The number of nitrogens with two attached hydrogens (primary N) is 1. The molecule has 1 amide bonds. The summed E-state index contributed by atoms with van der Waals surface area (Å²) in [6.07, 6.45) is 4.07. The molecule has 0 saturated heterocycles. The summed E-state index contributed by atoms with van der Waals surface area (Å²) in [7, 11) is 0. The van der Waals surface area contributed by atoms with E-state index in [1.54, 1.807) is 18.3 Å². The second kappa shape index (κ2) is 3.34. The Morgan fingerprint density at radius 2 is 2.36 bits per heavy atom. The van der Waals surface area contributed by atoms with Crippen molar-refractivity contribution in [2.24, 2.45) is 5.73 Å². The van der Waals surface area contributed by atoms with Gasteiger partial charge in [0, 0.05) is 6.20 Å². The first-order chi connectivity index (χ1) is 6.71. The van der Waals surface area contributed by atoms with Crippen molar-refractivity contribution >= 4 is 11.7 Å². The second-order valence-corrected chi connectivity index (χ2v) is 3.57. The van der Waals surface area contributed by atoms with Gasteiger partial charge >= 0.3 is 0 Å². The summed E-state index contributed by atoms with van der Waals surface area (Å²) in [5.41, 5.74) is 5.15. The van der Waals surface area contributed by atoms with Crippen molar-refractivity contribution < 1.29 is 4.79 Å². The molecule has 1 heterocycles. The van der Waals surface area contributed by atoms with Crippen molar-refractivity contribution in [1.82, 2.24) is 10.2 Å². The maximum Gasteiger partial charge on any atom is 0.245 e. The second-order valence-electron chi connectivity index (χ2n) is 3.57. The van der Waals surface area contributed by atoms with Crippen LogP contribution in [0.15, 0.2) is 18.3 Å². The number of hydrogen-bond acceptors (Lipinski definition) is 4. The van der Waals surface area contributed by atoms with Crippen molar-refractivity contribution in [2.75, 3.05) is 5.32 Å². The first-order valence-electron chi connectivity index (χ1n) is 4.59. The van der Waals surface area contributed by atoms with Crippen LogP contribution in [-0.4, -0.2) is 21.6 Å². The molecule has 0 atom stereocenters. The fourth-order valence-electron chi connectivity index (χ4n) is 1.39. The third kappa shape index (κ3) is 1.58. The summed E-state index contributed by atoms with van der Waals surface area (Å²) in [6.45, 7) is 0. The molecule has 0 bridgehead atoms. The maximum absolute atomic E-state index is 11.6. The molecule has 74 valence electrons. The minimum absolute atomic E-state index is 0.163. The molecular weight excluding hydrogens is 180 g/mol. The van der Waals surface area contributed by atoms with Crippen molar-refractivity contribution in [1.29, 1.82) is 0 Å². The number of anilines is 1. The van der Waals surface area contributed by atoms with Crippen LogP contribution in [0.2, 0.25) is 0 Å². The summed E-state index contributed by atoms with van der Waals surface area (Å²) >= 11 is 0. The fraction of sp³-hybridized carbons (Fsp3) is 0.444. The van der Waals surface area contributed by atoms with Crippen molar-refractivity contribution in [2.45, 2.75) is 24.8 Å². The normalized spacial score (nSPS) is 18.4. The lowest BCUT2D eigenvalue weighted by atomic mass is 9.77. The highest BCUT2D eigenvalue weighted by Crippen LogP contribution is 2.29. The predicted octanol–water partition coefficient (Wildman–Crippen LogP) is 0.296. The zero-order valence-corrected chi connectivity index (χ0v) is 7.73. The summed E-state index contributed by atoms with van der Waals surface area (Å²) in [4.78, 5) is 11.6. The SMILES string of the molecule is NC1(C(=O)Nc2cccnn2)CCC1. The molecule has 0 aliphatic heterocycles. The minimum atomic E-state index is -0.683. The van der Waals surface area contributed by atoms with Crippen molar-refractivity contribution in [3.63, 3.8) is 0 Å². The van der Waals surface area contributed by atoms with Crippen molar-refractivity contribution in [3.8, 4) is 0 Å². The lowest BCUT2D eigenvalue weighted by molar-refractivity contribution is -0.123. The van der Waals surface area contributed by atoms with Gasteiger partial charge < -0.3 is 11.1 Å². The minimum Gasteiger partial charge on any atom is -0.317 e. The molecule has 5 nitrogen and oxygen atoms in total. The number of nitrogens with one attached hydrogen (secondary N) is 1. The Bertz CT molecular complexity index is 334. The predicted molar refractivity (Wildman–Crippen MR) is 51.4 cm³/mol. The van der Waals surface area contributed by atoms with Gasteiger partial charge in [0.1, 0.15) is 0 Å². The Balaban J connectivity index is 2.02. The van der Waals surface area contributed by atoms with Crippen LogP contribution in [0.5, 0.6) is 0 Å². The molecule has 2 rings (SSSR count). The van der Waals surface area contributed by atoms with Gasteiger partial charge in [-0.25, -0.2) is 0 Å².